The van der Waals surface area contributed by atoms with E-state index in [2.05, 4.69) is 317 Å². The van der Waals surface area contributed by atoms with Crippen molar-refractivity contribution in [2.45, 2.75) is 301 Å². The Balaban J connectivity index is 0.000000115. The van der Waals surface area contributed by atoms with Gasteiger partial charge < -0.3 is 28.9 Å². The zero-order chi connectivity index (χ0) is 78.0. The molecule has 5 aliphatic heterocycles. The second-order valence-corrected chi connectivity index (χ2v) is 38.4. The molecule has 108 heavy (non-hydrogen) atoms. The summed E-state index contributed by atoms with van der Waals surface area (Å²) in [6.45, 7) is 52.6. The third-order valence-electron chi connectivity index (χ3n) is 29.0. The lowest BCUT2D eigenvalue weighted by molar-refractivity contribution is -0.113. The second kappa shape index (κ2) is 28.8. The third kappa shape index (κ3) is 13.3. The van der Waals surface area contributed by atoms with Gasteiger partial charge in [-0.3, -0.25) is 4.90 Å². The molecular weight excluding hydrogens is 1320 g/mol. The molecule has 0 radical (unpaired) electrons. The summed E-state index contributed by atoms with van der Waals surface area (Å²) in [5, 5.41) is 2.02. The van der Waals surface area contributed by atoms with Crippen LogP contribution in [-0.4, -0.2) is 67.9 Å². The van der Waals surface area contributed by atoms with Gasteiger partial charge in [-0.15, -0.1) is 0 Å². The Bertz CT molecular complexity index is 4750. The summed E-state index contributed by atoms with van der Waals surface area (Å²) in [6.07, 6.45) is 22.1. The fraction of sp³-hybridized carbons (Fsp3) is 0.541. The fourth-order valence-corrected chi connectivity index (χ4v) is 24.2. The Morgan fingerprint density at radius 2 is 0.907 bits per heavy atom. The molecule has 9 aromatic rings. The lowest BCUT2D eigenvalue weighted by Gasteiger charge is -2.62. The maximum absolute atomic E-state index is 8.67. The van der Waals surface area contributed by atoms with Gasteiger partial charge in [0, 0.05) is 110 Å². The van der Waals surface area contributed by atoms with Crippen LogP contribution in [-0.2, 0) is 5.41 Å². The van der Waals surface area contributed by atoms with Gasteiger partial charge in [0.25, 0.3) is 0 Å². The number of aryl methyl sites for hydroxylation is 6. The first-order valence-electron chi connectivity index (χ1n) is 42.1. The van der Waals surface area contributed by atoms with Gasteiger partial charge in [0.15, 0.2) is 17.2 Å². The molecule has 4 bridgehead atoms. The number of aromatic nitrogens is 3. The number of hydrogen-bond acceptors (Lipinski definition) is 10. The molecular formula is C98H131N9O. The lowest BCUT2D eigenvalue weighted by atomic mass is 9.43. The standard InChI is InChI=1S/C23H33N.C22H23N5O.C19H29N.C18H21N.C16H25N/c1-15-7-5-6-8-21(15)24-16(2)23(14-22(24,3)4)19-10-17-9-18(12-19)13-20(23)11-17;1-12(2)26-15(5)27(21-20(26)23-10-11-24-21)18-13(3)6-8-16-17-9-7-14(4)25-22(17)28-19(16)18;1-15-10-6-7-11-17(15)20-16(2)19(14-18(20,3)4)12-8-5-9-13-19;1-13-9-5-7-11-16(13)19-14(2)18(3,4)15-10-6-8-12-17(15)19;1-12-9-7-8-10-14(12)17-13(2)15(3,4)11-16(17,5)6/h5-8,16-20H,9-14H2,1-4H3;6-12,15H,1-5H3;6-7,10-11,16H,5,8-9,12-14H2,1-4H3;5-12,14H,1-4H3;7-10,13H,11H2,1-6H3/t16-,17?,18?,19?,20?,23?;15-;16-;14-;13-/m00000/s1/i;12D;;;. The van der Waals surface area contributed by atoms with Crippen LogP contribution in [0.4, 0.5) is 45.8 Å². The quantitative estimate of drug-likeness (QED) is 0.161. The Morgan fingerprint density at radius 3 is 1.43 bits per heavy atom. The smallest absolute Gasteiger partial charge is 0.227 e. The first kappa shape index (κ1) is 75.6. The first-order chi connectivity index (χ1) is 51.4. The lowest BCUT2D eigenvalue weighted by Crippen LogP contribution is -2.57. The van der Waals surface area contributed by atoms with Crippen molar-refractivity contribution < 1.29 is 5.79 Å². The number of furan rings is 1. The minimum atomic E-state index is -0.854. The second-order valence-electron chi connectivity index (χ2n) is 38.4. The number of hydrogen-bond donors (Lipinski definition) is 0. The number of pyridine rings is 1. The Labute approximate surface area is 652 Å². The van der Waals surface area contributed by atoms with Gasteiger partial charge in [-0.1, -0.05) is 150 Å². The van der Waals surface area contributed by atoms with Gasteiger partial charge in [0.2, 0.25) is 5.71 Å². The largest absolute Gasteiger partial charge is 0.435 e. The molecule has 6 aromatic carbocycles. The van der Waals surface area contributed by atoms with Crippen molar-refractivity contribution >= 4 is 67.8 Å². The van der Waals surface area contributed by atoms with Crippen LogP contribution in [0.2, 0.25) is 0 Å². The zero-order valence-corrected chi connectivity index (χ0v) is 70.3. The van der Waals surface area contributed by atoms with Crippen molar-refractivity contribution in [3.05, 3.63) is 197 Å². The molecule has 10 heteroatoms. The molecule has 10 nitrogen and oxygen atoms in total. The number of anilines is 8. The summed E-state index contributed by atoms with van der Waals surface area (Å²) in [4.78, 5) is 28.5. The number of rotatable bonds is 6. The molecule has 0 amide bonds. The molecule has 19 rings (SSSR count). The summed E-state index contributed by atoms with van der Waals surface area (Å²) in [5.74, 6) is 5.58. The van der Waals surface area contributed by atoms with Crippen LogP contribution < -0.4 is 29.4 Å². The first-order valence-corrected chi connectivity index (χ1v) is 41.6. The van der Waals surface area contributed by atoms with Crippen molar-refractivity contribution in [3.63, 3.8) is 0 Å². The van der Waals surface area contributed by atoms with Crippen LogP contribution in [0.15, 0.2) is 162 Å². The highest BCUT2D eigenvalue weighted by Crippen LogP contribution is 2.70. The number of benzene rings is 6. The normalized spacial score (nSPS) is 27.5. The van der Waals surface area contributed by atoms with E-state index in [1.54, 1.807) is 18.8 Å². The van der Waals surface area contributed by atoms with Gasteiger partial charge in [0.1, 0.15) is 6.17 Å². The molecule has 5 saturated carbocycles. The van der Waals surface area contributed by atoms with E-state index >= 15 is 0 Å². The molecule has 3 aromatic heterocycles. The van der Waals surface area contributed by atoms with E-state index in [-0.39, 0.29) is 28.2 Å². The minimum Gasteiger partial charge on any atom is -0.435 e. The Kier molecular flexibility index (Phi) is 20.1. The van der Waals surface area contributed by atoms with Crippen molar-refractivity contribution in [2.24, 2.45) is 39.9 Å². The zero-order valence-electron chi connectivity index (χ0n) is 71.3. The summed E-state index contributed by atoms with van der Waals surface area (Å²) >= 11 is 0. The number of para-hydroxylation sites is 5. The molecule has 0 unspecified atom stereocenters. The molecule has 8 fully saturated rings. The van der Waals surface area contributed by atoms with Crippen LogP contribution in [0.3, 0.4) is 0 Å². The molecule has 8 heterocycles. The highest BCUT2D eigenvalue weighted by atomic mass is 16.3. The fourth-order valence-electron chi connectivity index (χ4n) is 24.2. The van der Waals surface area contributed by atoms with E-state index < -0.39 is 6.02 Å². The molecule has 2 spiro atoms. The van der Waals surface area contributed by atoms with Crippen LogP contribution in [0.25, 0.3) is 22.1 Å². The summed E-state index contributed by atoms with van der Waals surface area (Å²) in [7, 11) is 0. The van der Waals surface area contributed by atoms with E-state index in [4.69, 9.17) is 5.79 Å². The molecule has 574 valence electrons. The monoisotopic (exact) mass is 1450 g/mol. The van der Waals surface area contributed by atoms with Gasteiger partial charge in [0.05, 0.1) is 7.06 Å². The third-order valence-corrected chi connectivity index (χ3v) is 29.0. The van der Waals surface area contributed by atoms with Crippen molar-refractivity contribution in [2.75, 3.05) is 29.4 Å². The number of fused-ring (bicyclic) bond motifs is 5. The van der Waals surface area contributed by atoms with Crippen molar-refractivity contribution in [1.29, 1.82) is 0 Å². The topological polar surface area (TPSA) is 71.2 Å². The molecule has 5 aliphatic carbocycles. The van der Waals surface area contributed by atoms with Crippen molar-refractivity contribution in [3.8, 4) is 0 Å². The van der Waals surface area contributed by atoms with Crippen molar-refractivity contribution in [1.82, 2.24) is 15.0 Å². The molecule has 10 aliphatic rings. The van der Waals surface area contributed by atoms with Crippen LogP contribution >= 0.6 is 0 Å². The highest BCUT2D eigenvalue weighted by molar-refractivity contribution is 6.09. The van der Waals surface area contributed by atoms with Crippen LogP contribution in [0.5, 0.6) is 0 Å². The van der Waals surface area contributed by atoms with E-state index in [0.717, 1.165) is 62.8 Å². The average molecular weight is 1450 g/mol. The van der Waals surface area contributed by atoms with E-state index in [1.807, 2.05) is 31.7 Å². The summed E-state index contributed by atoms with van der Waals surface area (Å²) in [6, 6.07) is 54.0. The summed E-state index contributed by atoms with van der Waals surface area (Å²) in [5.41, 5.74) is 20.9. The molecule has 3 saturated heterocycles. The average Bonchev–Trinajstić information content (AvgIpc) is 1.59. The van der Waals surface area contributed by atoms with Gasteiger partial charge >= 0.3 is 0 Å². The predicted octanol–water partition coefficient (Wildman–Crippen LogP) is 25.4. The van der Waals surface area contributed by atoms with E-state index in [1.165, 1.54) is 133 Å². The van der Waals surface area contributed by atoms with Gasteiger partial charge in [-0.05, 0) is 312 Å². The summed E-state index contributed by atoms with van der Waals surface area (Å²) < 4.78 is 14.9. The SMILES string of the molecule is Cc1ccccc1N1[C@@H](C)C(C)(C)CC1(C)C.Cc1ccccc1N1[C@@H](C)C2(CC1(C)C)C1CC3CC(C1)CC2C3.Cc1ccccc1N1[C@@H](C)C2(CCCCC2)CC1(C)C.Cc1ccccc1N1c2ccccc2C(C)(C)[C@@H]1C.[2H]C(C)(C)N1c2nccnc2N(c2c(C)ccc3c2oc2nc(C)ccc23)[C@H]1C. The molecule has 0 N–H and O–H groups in total. The minimum absolute atomic E-state index is 0.146. The highest BCUT2D eigenvalue weighted by Gasteiger charge is 2.66. The molecule has 5 atom stereocenters. The Morgan fingerprint density at radius 1 is 0.444 bits per heavy atom. The van der Waals surface area contributed by atoms with E-state index in [0.29, 0.717) is 51.9 Å². The van der Waals surface area contributed by atoms with Crippen LogP contribution in [0.1, 0.15) is 242 Å². The van der Waals surface area contributed by atoms with Gasteiger partial charge in [-0.25, -0.2) is 15.0 Å². The van der Waals surface area contributed by atoms with Gasteiger partial charge in [-0.2, -0.15) is 0 Å². The van der Waals surface area contributed by atoms with Crippen LogP contribution in [0, 0.1) is 81.5 Å². The maximum Gasteiger partial charge on any atom is 0.227 e. The Hall–Kier alpha value is -7.85. The predicted molar refractivity (Wildman–Crippen MR) is 459 cm³/mol. The van der Waals surface area contributed by atoms with E-state index in [9.17, 15) is 0 Å². The number of nitrogens with zero attached hydrogens (tertiary/aromatic N) is 9. The maximum atomic E-state index is 8.67.